The Morgan fingerprint density at radius 2 is 1.81 bits per heavy atom. The number of benzene rings is 2. The zero-order chi connectivity index (χ0) is 22.7. The molecule has 0 aromatic heterocycles. The summed E-state index contributed by atoms with van der Waals surface area (Å²) >= 11 is 5.87. The Balaban J connectivity index is 1.42. The van der Waals surface area contributed by atoms with Gasteiger partial charge in [0.05, 0.1) is 10.6 Å². The number of nitrogens with one attached hydrogen (secondary N) is 1. The van der Waals surface area contributed by atoms with E-state index in [2.05, 4.69) is 5.32 Å². The molecular formula is C22H24ClN3O5S. The van der Waals surface area contributed by atoms with E-state index in [4.69, 9.17) is 16.3 Å². The van der Waals surface area contributed by atoms with Gasteiger partial charge in [-0.2, -0.15) is 4.31 Å². The number of rotatable bonds is 7. The number of fused-ring (bicyclic) bond motifs is 1. The Morgan fingerprint density at radius 1 is 1.09 bits per heavy atom. The molecule has 0 saturated carbocycles. The predicted octanol–water partition coefficient (Wildman–Crippen LogP) is 2.21. The van der Waals surface area contributed by atoms with Crippen molar-refractivity contribution in [1.29, 1.82) is 0 Å². The summed E-state index contributed by atoms with van der Waals surface area (Å²) < 4.78 is 32.6. The van der Waals surface area contributed by atoms with E-state index < -0.39 is 10.0 Å². The standard InChI is InChI=1S/C22H24ClN3O5S/c23-17-5-3-16(4-6-17)9-10-24-21(27)14-26-19-8-7-18(13-20(19)31-15-22(26)28)32(29,30)25-11-1-2-12-25/h3-8,13H,1-2,9-12,14-15H2,(H,24,27). The topological polar surface area (TPSA) is 96.0 Å². The Hall–Kier alpha value is -2.62. The van der Waals surface area contributed by atoms with Gasteiger partial charge in [0, 0.05) is 30.7 Å². The van der Waals surface area contributed by atoms with Gasteiger partial charge in [0.15, 0.2) is 6.61 Å². The average Bonchev–Trinajstić information content (AvgIpc) is 3.33. The van der Waals surface area contributed by atoms with Crippen LogP contribution >= 0.6 is 11.6 Å². The van der Waals surface area contributed by atoms with E-state index in [9.17, 15) is 18.0 Å². The zero-order valence-electron chi connectivity index (χ0n) is 17.4. The first-order valence-electron chi connectivity index (χ1n) is 10.4. The molecule has 2 aromatic rings. The van der Waals surface area contributed by atoms with E-state index in [1.54, 1.807) is 12.1 Å². The van der Waals surface area contributed by atoms with Crippen LogP contribution in [0.4, 0.5) is 5.69 Å². The number of halogens is 1. The van der Waals surface area contributed by atoms with E-state index >= 15 is 0 Å². The molecule has 0 spiro atoms. The molecule has 1 fully saturated rings. The maximum atomic E-state index is 12.8. The second kappa shape index (κ2) is 9.48. The minimum Gasteiger partial charge on any atom is -0.482 e. The zero-order valence-corrected chi connectivity index (χ0v) is 19.0. The largest absolute Gasteiger partial charge is 0.482 e. The van der Waals surface area contributed by atoms with Crippen LogP contribution in [-0.4, -0.2) is 57.3 Å². The van der Waals surface area contributed by atoms with Gasteiger partial charge in [0.25, 0.3) is 5.91 Å². The lowest BCUT2D eigenvalue weighted by molar-refractivity contribution is -0.125. The molecule has 1 saturated heterocycles. The molecule has 0 bridgehead atoms. The second-order valence-corrected chi connectivity index (χ2v) is 10.1. The summed E-state index contributed by atoms with van der Waals surface area (Å²) in [5.41, 5.74) is 1.42. The molecule has 2 aliphatic heterocycles. The summed E-state index contributed by atoms with van der Waals surface area (Å²) in [5, 5.41) is 3.46. The van der Waals surface area contributed by atoms with Crippen LogP contribution < -0.4 is 15.0 Å². The van der Waals surface area contributed by atoms with Crippen molar-refractivity contribution in [2.45, 2.75) is 24.2 Å². The summed E-state index contributed by atoms with van der Waals surface area (Å²) in [7, 11) is -3.61. The number of carbonyl (C=O) groups excluding carboxylic acids is 2. The highest BCUT2D eigenvalue weighted by Gasteiger charge is 2.31. The fourth-order valence-corrected chi connectivity index (χ4v) is 5.45. The van der Waals surface area contributed by atoms with E-state index in [0.29, 0.717) is 36.8 Å². The SMILES string of the molecule is O=C(CN1C(=O)COc2cc(S(=O)(=O)N3CCCC3)ccc21)NCCc1ccc(Cl)cc1. The van der Waals surface area contributed by atoms with Crippen molar-refractivity contribution in [2.75, 3.05) is 37.7 Å². The molecule has 0 aliphatic carbocycles. The van der Waals surface area contributed by atoms with E-state index in [-0.39, 0.29) is 35.6 Å². The van der Waals surface area contributed by atoms with Crippen LogP contribution in [-0.2, 0) is 26.0 Å². The third-order valence-electron chi connectivity index (χ3n) is 5.53. The molecule has 10 heteroatoms. The van der Waals surface area contributed by atoms with Crippen molar-refractivity contribution >= 4 is 39.1 Å². The van der Waals surface area contributed by atoms with Gasteiger partial charge in [0.1, 0.15) is 12.3 Å². The van der Waals surface area contributed by atoms with Crippen molar-refractivity contribution in [3.8, 4) is 5.75 Å². The van der Waals surface area contributed by atoms with Gasteiger partial charge in [-0.15, -0.1) is 0 Å². The molecule has 2 heterocycles. The molecule has 1 N–H and O–H groups in total. The first-order valence-corrected chi connectivity index (χ1v) is 12.2. The number of hydrogen-bond donors (Lipinski definition) is 1. The van der Waals surface area contributed by atoms with Crippen molar-refractivity contribution < 1.29 is 22.7 Å². The lowest BCUT2D eigenvalue weighted by Crippen LogP contribution is -2.45. The van der Waals surface area contributed by atoms with Crippen LogP contribution in [0.2, 0.25) is 5.02 Å². The first-order chi connectivity index (χ1) is 15.3. The van der Waals surface area contributed by atoms with Crippen molar-refractivity contribution in [3.63, 3.8) is 0 Å². The number of anilines is 1. The quantitative estimate of drug-likeness (QED) is 0.659. The fraction of sp³-hybridized carbons (Fsp3) is 0.364. The van der Waals surface area contributed by atoms with Gasteiger partial charge in [-0.25, -0.2) is 8.42 Å². The Kier molecular flexibility index (Phi) is 6.68. The van der Waals surface area contributed by atoms with Crippen molar-refractivity contribution in [2.24, 2.45) is 0 Å². The van der Waals surface area contributed by atoms with Gasteiger partial charge in [-0.1, -0.05) is 23.7 Å². The average molecular weight is 478 g/mol. The van der Waals surface area contributed by atoms with Crippen LogP contribution in [0.15, 0.2) is 47.4 Å². The molecule has 32 heavy (non-hydrogen) atoms. The molecule has 170 valence electrons. The number of ether oxygens (including phenoxy) is 1. The second-order valence-electron chi connectivity index (χ2n) is 7.74. The minimum atomic E-state index is -3.61. The van der Waals surface area contributed by atoms with Gasteiger partial charge in [-0.05, 0) is 49.1 Å². The van der Waals surface area contributed by atoms with Gasteiger partial charge in [-0.3, -0.25) is 14.5 Å². The lowest BCUT2D eigenvalue weighted by atomic mass is 10.1. The number of hydrogen-bond acceptors (Lipinski definition) is 5. The summed E-state index contributed by atoms with van der Waals surface area (Å²) in [5.74, 6) is -0.395. The van der Waals surface area contributed by atoms with Gasteiger partial charge in [0.2, 0.25) is 15.9 Å². The normalized spacial score (nSPS) is 16.5. The molecular weight excluding hydrogens is 454 g/mol. The number of amides is 2. The Bertz CT molecular complexity index is 1110. The van der Waals surface area contributed by atoms with Crippen LogP contribution in [0, 0.1) is 0 Å². The predicted molar refractivity (Wildman–Crippen MR) is 120 cm³/mol. The van der Waals surface area contributed by atoms with E-state index in [0.717, 1.165) is 18.4 Å². The van der Waals surface area contributed by atoms with Gasteiger partial charge < -0.3 is 10.1 Å². The maximum Gasteiger partial charge on any atom is 0.265 e. The summed E-state index contributed by atoms with van der Waals surface area (Å²) in [6, 6.07) is 11.8. The van der Waals surface area contributed by atoms with Crippen molar-refractivity contribution in [1.82, 2.24) is 9.62 Å². The van der Waals surface area contributed by atoms with Crippen LogP contribution in [0.5, 0.6) is 5.75 Å². The minimum absolute atomic E-state index is 0.125. The number of nitrogens with zero attached hydrogens (tertiary/aromatic N) is 2. The number of sulfonamides is 1. The van der Waals surface area contributed by atoms with Gasteiger partial charge >= 0.3 is 0 Å². The molecule has 0 atom stereocenters. The van der Waals surface area contributed by atoms with Crippen LogP contribution in [0.3, 0.4) is 0 Å². The molecule has 2 amide bonds. The molecule has 0 unspecified atom stereocenters. The van der Waals surface area contributed by atoms with E-state index in [1.165, 1.54) is 27.4 Å². The smallest absolute Gasteiger partial charge is 0.265 e. The molecule has 8 nitrogen and oxygen atoms in total. The number of carbonyl (C=O) groups is 2. The molecule has 2 aromatic carbocycles. The van der Waals surface area contributed by atoms with Crippen LogP contribution in [0.1, 0.15) is 18.4 Å². The molecule has 0 radical (unpaired) electrons. The summed E-state index contributed by atoms with van der Waals surface area (Å²) in [6.07, 6.45) is 2.32. The molecule has 2 aliphatic rings. The maximum absolute atomic E-state index is 12.8. The third-order valence-corrected chi connectivity index (χ3v) is 7.67. The Morgan fingerprint density at radius 3 is 2.53 bits per heavy atom. The summed E-state index contributed by atoms with van der Waals surface area (Å²) in [6.45, 7) is 0.993. The highest BCUT2D eigenvalue weighted by Crippen LogP contribution is 2.35. The highest BCUT2D eigenvalue weighted by molar-refractivity contribution is 7.89. The van der Waals surface area contributed by atoms with Crippen molar-refractivity contribution in [3.05, 3.63) is 53.1 Å². The highest BCUT2D eigenvalue weighted by atomic mass is 35.5. The fourth-order valence-electron chi connectivity index (χ4n) is 3.79. The third kappa shape index (κ3) is 4.90. The lowest BCUT2D eigenvalue weighted by Gasteiger charge is -2.29. The first kappa shape index (κ1) is 22.6. The Labute approximate surface area is 192 Å². The monoisotopic (exact) mass is 477 g/mol. The summed E-state index contributed by atoms with van der Waals surface area (Å²) in [4.78, 5) is 26.3. The van der Waals surface area contributed by atoms with Crippen LogP contribution in [0.25, 0.3) is 0 Å². The van der Waals surface area contributed by atoms with E-state index in [1.807, 2.05) is 12.1 Å². The molecule has 4 rings (SSSR count).